The number of nitrogens with one attached hydrogen (secondary N) is 3. The van der Waals surface area contributed by atoms with Crippen molar-refractivity contribution < 1.29 is 14.7 Å². The average molecular weight is 384 g/mol. The van der Waals surface area contributed by atoms with Crippen molar-refractivity contribution in [2.24, 2.45) is 17.8 Å². The number of carbonyl (C=O) groups excluding carboxylic acids is 1. The van der Waals surface area contributed by atoms with E-state index in [0.29, 0.717) is 18.2 Å². The summed E-state index contributed by atoms with van der Waals surface area (Å²) in [6, 6.07) is 0. The lowest BCUT2D eigenvalue weighted by Crippen LogP contribution is -2.33. The molecule has 0 saturated carbocycles. The molecule has 0 saturated heterocycles. The minimum atomic E-state index is -0.778. The van der Waals surface area contributed by atoms with Crippen molar-refractivity contribution in [3.8, 4) is 0 Å². The maximum atomic E-state index is 12.6. The lowest BCUT2D eigenvalue weighted by atomic mass is 9.82. The number of hydrogen-bond donors (Lipinski definition) is 4. The van der Waals surface area contributed by atoms with E-state index in [0.717, 1.165) is 57.6 Å². The van der Waals surface area contributed by atoms with Crippen LogP contribution in [0.3, 0.4) is 0 Å². The first-order chi connectivity index (χ1) is 12.8. The van der Waals surface area contributed by atoms with Crippen molar-refractivity contribution in [3.05, 3.63) is 12.3 Å². The summed E-state index contributed by atoms with van der Waals surface area (Å²) in [5.41, 5.74) is 0.988. The van der Waals surface area contributed by atoms with Crippen LogP contribution in [0.2, 0.25) is 0 Å². The molecule has 158 valence electrons. The largest absolute Gasteiger partial charge is 0.481 e. The molecule has 0 radical (unpaired) electrons. The van der Waals surface area contributed by atoms with E-state index in [1.807, 2.05) is 6.92 Å². The fraction of sp³-hybridized carbons (Fsp3) is 0.810. The van der Waals surface area contributed by atoms with Gasteiger partial charge in [-0.15, -0.1) is 0 Å². The molecule has 6 heteroatoms. The maximum Gasteiger partial charge on any atom is 0.304 e. The second-order valence-corrected chi connectivity index (χ2v) is 7.63. The first-order valence-electron chi connectivity index (χ1n) is 10.4. The highest BCUT2D eigenvalue weighted by atomic mass is 16.4. The normalized spacial score (nSPS) is 13.4. The van der Waals surface area contributed by atoms with Crippen LogP contribution in [0.4, 0.5) is 0 Å². The molecule has 0 aliphatic carbocycles. The molecule has 0 aliphatic heterocycles. The molecule has 0 bridgehead atoms. The number of carboxylic acid groups (broad SMARTS) is 1. The van der Waals surface area contributed by atoms with Crippen LogP contribution in [0.5, 0.6) is 0 Å². The number of carboxylic acids is 1. The minimum Gasteiger partial charge on any atom is -0.481 e. The van der Waals surface area contributed by atoms with Gasteiger partial charge in [0.25, 0.3) is 0 Å². The number of aliphatic carboxylic acids is 1. The second-order valence-electron chi connectivity index (χ2n) is 7.63. The van der Waals surface area contributed by atoms with Crippen LogP contribution in [-0.2, 0) is 9.59 Å². The Morgan fingerprint density at radius 3 is 2.07 bits per heavy atom. The van der Waals surface area contributed by atoms with Crippen molar-refractivity contribution in [2.75, 3.05) is 32.7 Å². The summed E-state index contributed by atoms with van der Waals surface area (Å²) in [6.07, 6.45) is 3.85. The van der Waals surface area contributed by atoms with Crippen LogP contribution in [0.15, 0.2) is 12.3 Å². The lowest BCUT2D eigenvalue weighted by Gasteiger charge is -2.22. The zero-order valence-corrected chi connectivity index (χ0v) is 17.8. The van der Waals surface area contributed by atoms with Gasteiger partial charge < -0.3 is 21.1 Å². The van der Waals surface area contributed by atoms with E-state index in [1.165, 1.54) is 0 Å². The van der Waals surface area contributed by atoms with Gasteiger partial charge in [-0.2, -0.15) is 0 Å². The van der Waals surface area contributed by atoms with Gasteiger partial charge in [-0.25, -0.2) is 0 Å². The summed E-state index contributed by atoms with van der Waals surface area (Å²) >= 11 is 0. The topological polar surface area (TPSA) is 90.5 Å². The lowest BCUT2D eigenvalue weighted by molar-refractivity contribution is -0.136. The van der Waals surface area contributed by atoms with E-state index >= 15 is 0 Å². The summed E-state index contributed by atoms with van der Waals surface area (Å²) in [4.78, 5) is 23.0. The third kappa shape index (κ3) is 13.4. The fourth-order valence-electron chi connectivity index (χ4n) is 2.86. The predicted octanol–water partition coefficient (Wildman–Crippen LogP) is 2.80. The summed E-state index contributed by atoms with van der Waals surface area (Å²) in [5, 5.41) is 18.2. The Hall–Kier alpha value is -1.40. The van der Waals surface area contributed by atoms with Gasteiger partial charge in [0.05, 0.1) is 6.42 Å². The molecule has 4 N–H and O–H groups in total. The Morgan fingerprint density at radius 1 is 0.926 bits per heavy atom. The van der Waals surface area contributed by atoms with Crippen LogP contribution in [0, 0.1) is 17.8 Å². The number of Topliss-reactive ketones (excluding diaryl/α,β-unsaturated/α-hetero) is 1. The quantitative estimate of drug-likeness (QED) is 0.272. The van der Waals surface area contributed by atoms with Crippen LogP contribution >= 0.6 is 0 Å². The van der Waals surface area contributed by atoms with E-state index in [2.05, 4.69) is 43.3 Å². The van der Waals surface area contributed by atoms with Crippen molar-refractivity contribution >= 4 is 11.8 Å². The number of hydrogen-bond acceptors (Lipinski definition) is 5. The van der Waals surface area contributed by atoms with E-state index < -0.39 is 5.97 Å². The van der Waals surface area contributed by atoms with Crippen LogP contribution < -0.4 is 16.0 Å². The van der Waals surface area contributed by atoms with Gasteiger partial charge in [-0.3, -0.25) is 9.59 Å². The predicted molar refractivity (Wildman–Crippen MR) is 112 cm³/mol. The monoisotopic (exact) mass is 383 g/mol. The molecular weight excluding hydrogens is 342 g/mol. The van der Waals surface area contributed by atoms with E-state index in [9.17, 15) is 9.59 Å². The van der Waals surface area contributed by atoms with Gasteiger partial charge in [0.15, 0.2) is 0 Å². The standard InChI is InChI=1S/C21H41N3O3/c1-6-7-19(21(27)18(5)16(2)3)9-8-17(4)24-15-14-23-13-12-22-11-10-20(25)26/h16,18-19,22-24H,4,6-15H2,1-3,5H3,(H,25,26). The Kier molecular flexibility index (Phi) is 14.8. The zero-order valence-electron chi connectivity index (χ0n) is 17.8. The maximum absolute atomic E-state index is 12.6. The van der Waals surface area contributed by atoms with E-state index in [-0.39, 0.29) is 18.3 Å². The van der Waals surface area contributed by atoms with Gasteiger partial charge in [0.1, 0.15) is 5.78 Å². The molecule has 27 heavy (non-hydrogen) atoms. The molecule has 0 rings (SSSR count). The second kappa shape index (κ2) is 15.6. The summed E-state index contributed by atoms with van der Waals surface area (Å²) in [5.74, 6) is 0.274. The number of ketones is 1. The van der Waals surface area contributed by atoms with E-state index in [1.54, 1.807) is 0 Å². The van der Waals surface area contributed by atoms with Gasteiger partial charge in [0, 0.05) is 50.3 Å². The molecule has 2 unspecified atom stereocenters. The minimum absolute atomic E-state index is 0.121. The Morgan fingerprint density at radius 2 is 1.52 bits per heavy atom. The summed E-state index contributed by atoms with van der Waals surface area (Å²) in [7, 11) is 0. The third-order valence-electron chi connectivity index (χ3n) is 4.95. The Labute approximate surface area is 165 Å². The van der Waals surface area contributed by atoms with Gasteiger partial charge in [-0.1, -0.05) is 40.7 Å². The number of allylic oxidation sites excluding steroid dienone is 1. The molecule has 0 aromatic carbocycles. The summed E-state index contributed by atoms with van der Waals surface area (Å²) in [6.45, 7) is 16.2. The van der Waals surface area contributed by atoms with Crippen molar-refractivity contribution in [1.29, 1.82) is 0 Å². The highest BCUT2D eigenvalue weighted by Gasteiger charge is 2.25. The highest BCUT2D eigenvalue weighted by molar-refractivity contribution is 5.83. The number of carbonyl (C=O) groups is 2. The molecule has 6 nitrogen and oxygen atoms in total. The molecule has 0 aromatic rings. The van der Waals surface area contributed by atoms with Crippen LogP contribution in [-0.4, -0.2) is 49.6 Å². The SMILES string of the molecule is C=C(CCC(CCC)C(=O)C(C)C(C)C)NCCNCCNCCC(=O)O. The zero-order chi connectivity index (χ0) is 20.7. The highest BCUT2D eigenvalue weighted by Crippen LogP contribution is 2.24. The smallest absolute Gasteiger partial charge is 0.304 e. The molecule has 0 fully saturated rings. The van der Waals surface area contributed by atoms with Gasteiger partial charge in [0.2, 0.25) is 0 Å². The molecule has 0 aromatic heterocycles. The van der Waals surface area contributed by atoms with Crippen molar-refractivity contribution in [1.82, 2.24) is 16.0 Å². The first-order valence-corrected chi connectivity index (χ1v) is 10.4. The average Bonchev–Trinajstić information content (AvgIpc) is 2.62. The number of rotatable bonds is 18. The Bertz CT molecular complexity index is 438. The molecule has 2 atom stereocenters. The van der Waals surface area contributed by atoms with Crippen LogP contribution in [0.25, 0.3) is 0 Å². The van der Waals surface area contributed by atoms with Gasteiger partial charge in [-0.05, 0) is 25.2 Å². The molecular formula is C21H41N3O3. The Balaban J connectivity index is 3.87. The molecule has 0 spiro atoms. The molecule has 0 amide bonds. The van der Waals surface area contributed by atoms with Crippen LogP contribution in [0.1, 0.15) is 59.8 Å². The fourth-order valence-corrected chi connectivity index (χ4v) is 2.86. The van der Waals surface area contributed by atoms with Gasteiger partial charge >= 0.3 is 5.97 Å². The van der Waals surface area contributed by atoms with Crippen molar-refractivity contribution in [3.63, 3.8) is 0 Å². The summed E-state index contributed by atoms with van der Waals surface area (Å²) < 4.78 is 0. The third-order valence-corrected chi connectivity index (χ3v) is 4.95. The first kappa shape index (κ1) is 25.6. The molecule has 0 aliphatic rings. The molecule has 0 heterocycles. The van der Waals surface area contributed by atoms with E-state index in [4.69, 9.17) is 5.11 Å². The van der Waals surface area contributed by atoms with Crippen molar-refractivity contribution in [2.45, 2.75) is 59.8 Å².